The molecule has 0 saturated carbocycles. The standard InChI is InChI=1S/C26H26F2N2O3/c1-26(31)20-15-30(9-11-33-3)23-13-22(28)21(27)12-19(23)24(20)18-5-4-16-14-29(8-10-32-2)7-6-17(16)25(18)26/h4-7,12-15,31H,8-11H2,1-3H3/q+2. The molecule has 170 valence electrons. The lowest BCUT2D eigenvalue weighted by atomic mass is 9.91. The normalized spacial score (nSPS) is 17.0. The number of aliphatic hydroxyl groups is 1. The number of methoxy groups -OCH3 is 2. The molecule has 1 aliphatic carbocycles. The molecule has 1 N–H and O–H groups in total. The molecule has 4 aromatic rings. The molecule has 33 heavy (non-hydrogen) atoms. The monoisotopic (exact) mass is 452 g/mol. The van der Waals surface area contributed by atoms with Crippen molar-refractivity contribution in [2.45, 2.75) is 25.6 Å². The average Bonchev–Trinajstić information content (AvgIpc) is 3.03. The first-order valence-electron chi connectivity index (χ1n) is 10.9. The Morgan fingerprint density at radius 3 is 2.42 bits per heavy atom. The number of halogens is 2. The molecule has 0 fully saturated rings. The fraction of sp³-hybridized carbons (Fsp3) is 0.308. The highest BCUT2D eigenvalue weighted by Crippen LogP contribution is 2.51. The summed E-state index contributed by atoms with van der Waals surface area (Å²) in [7, 11) is 3.26. The van der Waals surface area contributed by atoms with Crippen molar-refractivity contribution >= 4 is 21.7 Å². The number of nitrogens with zero attached hydrogens (tertiary/aromatic N) is 2. The molecule has 2 heterocycles. The Balaban J connectivity index is 1.80. The Kier molecular flexibility index (Phi) is 5.35. The lowest BCUT2D eigenvalue weighted by Gasteiger charge is -2.20. The molecule has 2 aromatic carbocycles. The van der Waals surface area contributed by atoms with Gasteiger partial charge < -0.3 is 14.6 Å². The summed E-state index contributed by atoms with van der Waals surface area (Å²) >= 11 is 0. The van der Waals surface area contributed by atoms with Gasteiger partial charge in [0.1, 0.15) is 18.8 Å². The molecule has 2 aromatic heterocycles. The van der Waals surface area contributed by atoms with Gasteiger partial charge in [0.25, 0.3) is 0 Å². The third-order valence-electron chi connectivity index (χ3n) is 6.56. The second-order valence-corrected chi connectivity index (χ2v) is 8.63. The minimum Gasteiger partial charge on any atom is -0.380 e. The van der Waals surface area contributed by atoms with Crippen molar-refractivity contribution in [3.05, 3.63) is 71.7 Å². The van der Waals surface area contributed by atoms with Gasteiger partial charge in [-0.25, -0.2) is 13.3 Å². The minimum absolute atomic E-state index is 0.400. The van der Waals surface area contributed by atoms with Gasteiger partial charge in [-0.05, 0) is 24.6 Å². The topological polar surface area (TPSA) is 46.5 Å². The number of ether oxygens (including phenoxy) is 2. The van der Waals surface area contributed by atoms with Crippen molar-refractivity contribution in [1.29, 1.82) is 0 Å². The van der Waals surface area contributed by atoms with Crippen LogP contribution in [0.3, 0.4) is 0 Å². The molecule has 5 nitrogen and oxygen atoms in total. The SMILES string of the molecule is COCC[n+]1ccc2c3c(ccc2c1)-c1c(c[n+](CCOC)c2cc(F)c(F)cc12)C3(C)O. The van der Waals surface area contributed by atoms with Crippen molar-refractivity contribution in [2.75, 3.05) is 27.4 Å². The molecule has 1 aliphatic rings. The Hall–Kier alpha value is -3.00. The van der Waals surface area contributed by atoms with Gasteiger partial charge in [0.05, 0.1) is 10.9 Å². The summed E-state index contributed by atoms with van der Waals surface area (Å²) in [6, 6.07) is 8.39. The lowest BCUT2D eigenvalue weighted by Crippen LogP contribution is -2.39. The zero-order chi connectivity index (χ0) is 23.3. The van der Waals surface area contributed by atoms with Crippen molar-refractivity contribution < 1.29 is 32.5 Å². The summed E-state index contributed by atoms with van der Waals surface area (Å²) < 4.78 is 42.8. The molecule has 5 rings (SSSR count). The summed E-state index contributed by atoms with van der Waals surface area (Å²) in [6.45, 7) is 3.92. The van der Waals surface area contributed by atoms with Crippen molar-refractivity contribution in [3.8, 4) is 11.1 Å². The van der Waals surface area contributed by atoms with Crippen molar-refractivity contribution in [2.24, 2.45) is 0 Å². The Labute approximate surface area is 190 Å². The summed E-state index contributed by atoms with van der Waals surface area (Å²) in [5.41, 5.74) is 2.23. The fourth-order valence-corrected chi connectivity index (χ4v) is 4.97. The van der Waals surface area contributed by atoms with E-state index < -0.39 is 17.2 Å². The van der Waals surface area contributed by atoms with Crippen LogP contribution in [0.15, 0.2) is 48.9 Å². The van der Waals surface area contributed by atoms with E-state index in [1.165, 1.54) is 12.1 Å². The molecule has 1 unspecified atom stereocenters. The van der Waals surface area contributed by atoms with Gasteiger partial charge in [-0.15, -0.1) is 0 Å². The largest absolute Gasteiger partial charge is 0.380 e. The first-order valence-corrected chi connectivity index (χ1v) is 10.9. The van der Waals surface area contributed by atoms with Gasteiger partial charge in [-0.3, -0.25) is 0 Å². The average molecular weight is 453 g/mol. The fourth-order valence-electron chi connectivity index (χ4n) is 4.97. The Morgan fingerprint density at radius 1 is 0.939 bits per heavy atom. The quantitative estimate of drug-likeness (QED) is 0.457. The van der Waals surface area contributed by atoms with Crippen LogP contribution < -0.4 is 9.13 Å². The first kappa shape index (κ1) is 21.8. The third kappa shape index (κ3) is 3.39. The van der Waals surface area contributed by atoms with Crippen LogP contribution in [-0.4, -0.2) is 32.5 Å². The van der Waals surface area contributed by atoms with Crippen LogP contribution in [0.4, 0.5) is 8.78 Å². The Morgan fingerprint density at radius 2 is 1.67 bits per heavy atom. The second-order valence-electron chi connectivity index (χ2n) is 8.63. The number of pyridine rings is 2. The predicted octanol–water partition coefficient (Wildman–Crippen LogP) is 3.38. The van der Waals surface area contributed by atoms with Crippen LogP contribution >= 0.6 is 0 Å². The predicted molar refractivity (Wildman–Crippen MR) is 120 cm³/mol. The van der Waals surface area contributed by atoms with Crippen molar-refractivity contribution in [3.63, 3.8) is 0 Å². The highest BCUT2D eigenvalue weighted by atomic mass is 19.2. The highest BCUT2D eigenvalue weighted by Gasteiger charge is 2.43. The summed E-state index contributed by atoms with van der Waals surface area (Å²) in [5.74, 6) is -1.82. The van der Waals surface area contributed by atoms with Gasteiger partial charge >= 0.3 is 0 Å². The van der Waals surface area contributed by atoms with E-state index in [9.17, 15) is 13.9 Å². The maximum Gasteiger partial charge on any atom is 0.216 e. The van der Waals surface area contributed by atoms with E-state index in [4.69, 9.17) is 9.47 Å². The van der Waals surface area contributed by atoms with Gasteiger partial charge in [-0.2, -0.15) is 4.57 Å². The van der Waals surface area contributed by atoms with Crippen LogP contribution in [0.5, 0.6) is 0 Å². The van der Waals surface area contributed by atoms with Crippen LogP contribution in [0, 0.1) is 11.6 Å². The summed E-state index contributed by atoms with van der Waals surface area (Å²) in [4.78, 5) is 0. The zero-order valence-electron chi connectivity index (χ0n) is 18.9. The smallest absolute Gasteiger partial charge is 0.216 e. The molecule has 0 saturated heterocycles. The molecule has 0 amide bonds. The number of rotatable bonds is 6. The van der Waals surface area contributed by atoms with Crippen LogP contribution in [0.25, 0.3) is 32.8 Å². The van der Waals surface area contributed by atoms with E-state index in [1.54, 1.807) is 21.1 Å². The molecular formula is C26H26F2N2O3+2. The second kappa shape index (κ2) is 8.09. The van der Waals surface area contributed by atoms with E-state index in [1.807, 2.05) is 45.9 Å². The van der Waals surface area contributed by atoms with Crippen LogP contribution in [0.2, 0.25) is 0 Å². The zero-order valence-corrected chi connectivity index (χ0v) is 18.9. The molecule has 0 bridgehead atoms. The summed E-state index contributed by atoms with van der Waals surface area (Å²) in [5, 5.41) is 14.3. The van der Waals surface area contributed by atoms with Crippen LogP contribution in [0.1, 0.15) is 18.1 Å². The number of hydrogen-bond donors (Lipinski definition) is 1. The summed E-state index contributed by atoms with van der Waals surface area (Å²) in [6.07, 6.45) is 5.83. The van der Waals surface area contributed by atoms with E-state index in [-0.39, 0.29) is 0 Å². The van der Waals surface area contributed by atoms with Crippen LogP contribution in [-0.2, 0) is 28.2 Å². The van der Waals surface area contributed by atoms with E-state index in [0.29, 0.717) is 36.2 Å². The number of fused-ring (bicyclic) bond motifs is 7. The number of benzene rings is 2. The molecule has 0 aliphatic heterocycles. The maximum atomic E-state index is 14.4. The van der Waals surface area contributed by atoms with E-state index in [2.05, 4.69) is 0 Å². The highest BCUT2D eigenvalue weighted by molar-refractivity contribution is 6.04. The first-order chi connectivity index (χ1) is 15.9. The molecule has 7 heteroatoms. The lowest BCUT2D eigenvalue weighted by molar-refractivity contribution is -0.697. The molecule has 0 spiro atoms. The van der Waals surface area contributed by atoms with Gasteiger partial charge in [0.2, 0.25) is 5.52 Å². The minimum atomic E-state index is -1.31. The number of hydrogen-bond acceptors (Lipinski definition) is 3. The van der Waals surface area contributed by atoms with Gasteiger partial charge in [0, 0.05) is 48.3 Å². The van der Waals surface area contributed by atoms with Gasteiger partial charge in [-0.1, -0.05) is 6.07 Å². The molecular weight excluding hydrogens is 426 g/mol. The van der Waals surface area contributed by atoms with E-state index in [0.717, 1.165) is 34.0 Å². The van der Waals surface area contributed by atoms with E-state index >= 15 is 0 Å². The number of aromatic nitrogens is 2. The Bertz CT molecular complexity index is 1400. The van der Waals surface area contributed by atoms with Crippen molar-refractivity contribution in [1.82, 2.24) is 0 Å². The van der Waals surface area contributed by atoms with Gasteiger partial charge in [0.15, 0.2) is 43.3 Å². The molecule has 1 atom stereocenters. The molecule has 0 radical (unpaired) electrons. The maximum absolute atomic E-state index is 14.4. The third-order valence-corrected chi connectivity index (χ3v) is 6.56.